The van der Waals surface area contributed by atoms with Crippen LogP contribution >= 0.6 is 11.6 Å². The number of halogens is 1. The monoisotopic (exact) mass is 290 g/mol. The van der Waals surface area contributed by atoms with Crippen LogP contribution in [0.3, 0.4) is 0 Å². The summed E-state index contributed by atoms with van der Waals surface area (Å²) < 4.78 is 25.4. The van der Waals surface area contributed by atoms with Crippen LogP contribution in [0.5, 0.6) is 0 Å². The zero-order valence-corrected chi connectivity index (χ0v) is 12.5. The summed E-state index contributed by atoms with van der Waals surface area (Å²) in [6, 6.07) is 5.58. The van der Waals surface area contributed by atoms with Crippen molar-refractivity contribution in [2.45, 2.75) is 20.4 Å². The van der Waals surface area contributed by atoms with Crippen molar-refractivity contribution < 1.29 is 8.42 Å². The van der Waals surface area contributed by atoms with E-state index in [1.165, 1.54) is 4.31 Å². The van der Waals surface area contributed by atoms with E-state index in [0.717, 1.165) is 11.4 Å². The average molecular weight is 291 g/mol. The Labute approximate surface area is 114 Å². The second-order valence-electron chi connectivity index (χ2n) is 4.56. The highest BCUT2D eigenvalue weighted by Gasteiger charge is 2.21. The van der Waals surface area contributed by atoms with Crippen LogP contribution in [0.15, 0.2) is 18.2 Å². The number of aromatic nitrogens is 1. The summed E-state index contributed by atoms with van der Waals surface area (Å²) in [5.41, 5.74) is 1.63. The normalized spacial score (nSPS) is 13.8. The van der Waals surface area contributed by atoms with Crippen molar-refractivity contribution in [2.75, 3.05) is 18.7 Å². The Kier molecular flexibility index (Phi) is 5.56. The topological polar surface area (TPSA) is 50.3 Å². The number of rotatable bonds is 6. The number of hydrogen-bond donors (Lipinski definition) is 0. The van der Waals surface area contributed by atoms with Crippen molar-refractivity contribution in [1.29, 1.82) is 0 Å². The zero-order chi connectivity index (χ0) is 13.8. The van der Waals surface area contributed by atoms with E-state index in [1.54, 1.807) is 7.05 Å². The molecule has 18 heavy (non-hydrogen) atoms. The van der Waals surface area contributed by atoms with Crippen molar-refractivity contribution in [2.24, 2.45) is 5.92 Å². The first-order valence-electron chi connectivity index (χ1n) is 5.77. The highest BCUT2D eigenvalue weighted by molar-refractivity contribution is 7.89. The third kappa shape index (κ3) is 4.55. The highest BCUT2D eigenvalue weighted by Crippen LogP contribution is 2.10. The van der Waals surface area contributed by atoms with Crippen LogP contribution in [0.1, 0.15) is 18.3 Å². The molecule has 0 aliphatic carbocycles. The van der Waals surface area contributed by atoms with Crippen LogP contribution in [0.25, 0.3) is 0 Å². The van der Waals surface area contributed by atoms with E-state index in [0.29, 0.717) is 12.4 Å². The van der Waals surface area contributed by atoms with Gasteiger partial charge in [-0.1, -0.05) is 13.0 Å². The number of pyridine rings is 1. The highest BCUT2D eigenvalue weighted by atomic mass is 35.5. The van der Waals surface area contributed by atoms with E-state index >= 15 is 0 Å². The minimum Gasteiger partial charge on any atom is -0.257 e. The molecule has 1 unspecified atom stereocenters. The van der Waals surface area contributed by atoms with Gasteiger partial charge in [0, 0.05) is 18.6 Å². The van der Waals surface area contributed by atoms with E-state index in [1.807, 2.05) is 32.0 Å². The summed E-state index contributed by atoms with van der Waals surface area (Å²) in [4.78, 5) is 4.29. The molecular weight excluding hydrogens is 272 g/mol. The molecule has 0 radical (unpaired) electrons. The molecule has 0 amide bonds. The summed E-state index contributed by atoms with van der Waals surface area (Å²) in [5.74, 6) is 0.360. The minimum atomic E-state index is -3.27. The number of sulfonamides is 1. The third-order valence-electron chi connectivity index (χ3n) is 2.56. The van der Waals surface area contributed by atoms with Gasteiger partial charge in [-0.25, -0.2) is 8.42 Å². The molecule has 0 saturated heterocycles. The number of alkyl halides is 1. The van der Waals surface area contributed by atoms with Gasteiger partial charge in [0.1, 0.15) is 0 Å². The molecule has 0 aliphatic rings. The predicted molar refractivity (Wildman–Crippen MR) is 74.1 cm³/mol. The third-order valence-corrected chi connectivity index (χ3v) is 5.16. The van der Waals surface area contributed by atoms with Crippen LogP contribution in [0, 0.1) is 12.8 Å². The van der Waals surface area contributed by atoms with Gasteiger partial charge in [-0.15, -0.1) is 11.6 Å². The molecule has 1 heterocycles. The first-order valence-corrected chi connectivity index (χ1v) is 7.92. The van der Waals surface area contributed by atoms with Gasteiger partial charge < -0.3 is 0 Å². The minimum absolute atomic E-state index is 0.0513. The maximum Gasteiger partial charge on any atom is 0.214 e. The van der Waals surface area contributed by atoms with Crippen molar-refractivity contribution in [3.8, 4) is 0 Å². The van der Waals surface area contributed by atoms with Gasteiger partial charge in [0.25, 0.3) is 0 Å². The fourth-order valence-corrected chi connectivity index (χ4v) is 3.20. The molecule has 0 fully saturated rings. The molecule has 102 valence electrons. The molecular formula is C12H19ClN2O2S. The van der Waals surface area contributed by atoms with Crippen LogP contribution in [0.4, 0.5) is 0 Å². The van der Waals surface area contributed by atoms with Gasteiger partial charge in [-0.05, 0) is 25.0 Å². The van der Waals surface area contributed by atoms with Crippen LogP contribution < -0.4 is 0 Å². The molecule has 0 spiro atoms. The molecule has 0 N–H and O–H groups in total. The van der Waals surface area contributed by atoms with Gasteiger partial charge in [0.15, 0.2) is 0 Å². The number of aryl methyl sites for hydroxylation is 1. The van der Waals surface area contributed by atoms with E-state index in [-0.39, 0.29) is 11.7 Å². The van der Waals surface area contributed by atoms with Gasteiger partial charge in [0.05, 0.1) is 18.0 Å². The molecule has 1 aromatic rings. The number of nitrogens with zero attached hydrogens (tertiary/aromatic N) is 2. The molecule has 0 aromatic carbocycles. The Hall–Kier alpha value is -0.650. The molecule has 4 nitrogen and oxygen atoms in total. The van der Waals surface area contributed by atoms with E-state index in [4.69, 9.17) is 11.6 Å². The van der Waals surface area contributed by atoms with Gasteiger partial charge in [-0.3, -0.25) is 4.98 Å². The van der Waals surface area contributed by atoms with Gasteiger partial charge in [-0.2, -0.15) is 4.31 Å². The summed E-state index contributed by atoms with van der Waals surface area (Å²) >= 11 is 5.65. The molecule has 0 aliphatic heterocycles. The Bertz CT molecular complexity index is 491. The first-order chi connectivity index (χ1) is 8.35. The van der Waals surface area contributed by atoms with Crippen LogP contribution in [-0.4, -0.2) is 36.4 Å². The van der Waals surface area contributed by atoms with E-state index < -0.39 is 10.0 Å². The molecule has 0 saturated carbocycles. The lowest BCUT2D eigenvalue weighted by Gasteiger charge is -2.18. The summed E-state index contributed by atoms with van der Waals surface area (Å²) in [6.45, 7) is 4.00. The second kappa shape index (κ2) is 6.50. The Morgan fingerprint density at radius 3 is 2.67 bits per heavy atom. The lowest BCUT2D eigenvalue weighted by atomic mass is 10.3. The van der Waals surface area contributed by atoms with Crippen LogP contribution in [0.2, 0.25) is 0 Å². The average Bonchev–Trinajstić information content (AvgIpc) is 2.28. The Balaban J connectivity index is 2.73. The van der Waals surface area contributed by atoms with Crippen LogP contribution in [-0.2, 0) is 16.6 Å². The van der Waals surface area contributed by atoms with E-state index in [2.05, 4.69) is 4.98 Å². The SMILES string of the molecule is Cc1cccc(CN(C)S(=O)(=O)CC(C)CCl)n1. The van der Waals surface area contributed by atoms with Crippen molar-refractivity contribution >= 4 is 21.6 Å². The van der Waals surface area contributed by atoms with E-state index in [9.17, 15) is 8.42 Å². The van der Waals surface area contributed by atoms with Crippen molar-refractivity contribution in [3.63, 3.8) is 0 Å². The standard InChI is InChI=1S/C12H19ClN2O2S/c1-10(7-13)9-18(16,17)15(3)8-12-6-4-5-11(2)14-12/h4-6,10H,7-9H2,1-3H3. The smallest absolute Gasteiger partial charge is 0.214 e. The summed E-state index contributed by atoms with van der Waals surface area (Å²) in [5, 5.41) is 0. The molecule has 6 heteroatoms. The molecule has 1 rings (SSSR count). The molecule has 1 atom stereocenters. The fraction of sp³-hybridized carbons (Fsp3) is 0.583. The molecule has 1 aromatic heterocycles. The van der Waals surface area contributed by atoms with Gasteiger partial charge in [0.2, 0.25) is 10.0 Å². The molecule has 0 bridgehead atoms. The van der Waals surface area contributed by atoms with Crippen molar-refractivity contribution in [1.82, 2.24) is 9.29 Å². The maximum atomic E-state index is 12.0. The Morgan fingerprint density at radius 1 is 1.44 bits per heavy atom. The van der Waals surface area contributed by atoms with Gasteiger partial charge >= 0.3 is 0 Å². The zero-order valence-electron chi connectivity index (χ0n) is 10.9. The first kappa shape index (κ1) is 15.4. The second-order valence-corrected chi connectivity index (χ2v) is 6.99. The lowest BCUT2D eigenvalue weighted by Crippen LogP contribution is -2.31. The van der Waals surface area contributed by atoms with Crippen molar-refractivity contribution in [3.05, 3.63) is 29.6 Å². The predicted octanol–water partition coefficient (Wildman–Crippen LogP) is 2.03. The lowest BCUT2D eigenvalue weighted by molar-refractivity contribution is 0.455. The number of hydrogen-bond acceptors (Lipinski definition) is 3. The maximum absolute atomic E-state index is 12.0. The fourth-order valence-electron chi connectivity index (χ4n) is 1.55. The summed E-state index contributed by atoms with van der Waals surface area (Å²) in [6.07, 6.45) is 0. The Morgan fingerprint density at radius 2 is 2.11 bits per heavy atom. The summed E-state index contributed by atoms with van der Waals surface area (Å²) in [7, 11) is -1.70. The quantitative estimate of drug-likeness (QED) is 0.753. The largest absolute Gasteiger partial charge is 0.257 e.